The largest absolute Gasteiger partial charge is 0.277 e. The Bertz CT molecular complexity index is 804. The van der Waals surface area contributed by atoms with Gasteiger partial charge in [-0.3, -0.25) is 4.57 Å². The van der Waals surface area contributed by atoms with E-state index in [9.17, 15) is 8.78 Å². The highest BCUT2D eigenvalue weighted by Crippen LogP contribution is 2.25. The van der Waals surface area contributed by atoms with Gasteiger partial charge in [0.05, 0.1) is 11.6 Å². The molecule has 0 radical (unpaired) electrons. The summed E-state index contributed by atoms with van der Waals surface area (Å²) in [6.07, 6.45) is 1.57. The molecule has 20 heavy (non-hydrogen) atoms. The van der Waals surface area contributed by atoms with E-state index in [1.165, 1.54) is 4.57 Å². The van der Waals surface area contributed by atoms with Crippen LogP contribution in [0, 0.1) is 11.6 Å². The maximum atomic E-state index is 14.0. The van der Waals surface area contributed by atoms with E-state index in [1.807, 2.05) is 0 Å². The van der Waals surface area contributed by atoms with Crippen molar-refractivity contribution in [1.29, 1.82) is 0 Å². The van der Waals surface area contributed by atoms with Gasteiger partial charge in [-0.15, -0.1) is 11.6 Å². The zero-order valence-electron chi connectivity index (χ0n) is 9.95. The van der Waals surface area contributed by atoms with Crippen LogP contribution >= 0.6 is 27.5 Å². The Hall–Kier alpha value is -1.53. The fraction of sp³-hybridized carbons (Fsp3) is 0.0769. The average molecular weight is 359 g/mol. The van der Waals surface area contributed by atoms with Gasteiger partial charge in [-0.2, -0.15) is 0 Å². The number of alkyl halides is 1. The number of aromatic nitrogens is 3. The Morgan fingerprint density at radius 3 is 2.80 bits per heavy atom. The lowest BCUT2D eigenvalue weighted by atomic mass is 10.3. The van der Waals surface area contributed by atoms with Gasteiger partial charge in [0.25, 0.3) is 0 Å². The lowest BCUT2D eigenvalue weighted by molar-refractivity contribution is 0.592. The molecule has 0 saturated heterocycles. The number of hydrogen-bond donors (Lipinski definition) is 0. The highest BCUT2D eigenvalue weighted by Gasteiger charge is 2.16. The lowest BCUT2D eigenvalue weighted by Crippen LogP contribution is -2.03. The van der Waals surface area contributed by atoms with E-state index in [-0.39, 0.29) is 11.6 Å². The topological polar surface area (TPSA) is 30.7 Å². The molecule has 0 amide bonds. The van der Waals surface area contributed by atoms with E-state index in [1.54, 1.807) is 12.3 Å². The van der Waals surface area contributed by atoms with Crippen molar-refractivity contribution in [2.45, 2.75) is 5.88 Å². The van der Waals surface area contributed by atoms with Crippen molar-refractivity contribution in [2.24, 2.45) is 0 Å². The van der Waals surface area contributed by atoms with Gasteiger partial charge in [0.2, 0.25) is 0 Å². The quantitative estimate of drug-likeness (QED) is 0.643. The molecule has 1 aromatic carbocycles. The summed E-state index contributed by atoms with van der Waals surface area (Å²) in [6.45, 7) is 0. The molecule has 0 aliphatic heterocycles. The van der Waals surface area contributed by atoms with Crippen LogP contribution in [0.4, 0.5) is 8.78 Å². The third kappa shape index (κ3) is 2.19. The molecule has 0 unspecified atom stereocenters. The minimum absolute atomic E-state index is 0.0398. The first kappa shape index (κ1) is 13.5. The Labute approximate surface area is 126 Å². The van der Waals surface area contributed by atoms with Crippen LogP contribution in [-0.4, -0.2) is 14.5 Å². The molecule has 0 aliphatic carbocycles. The van der Waals surface area contributed by atoms with Crippen LogP contribution in [0.25, 0.3) is 16.9 Å². The molecule has 0 bridgehead atoms. The highest BCUT2D eigenvalue weighted by molar-refractivity contribution is 9.10. The van der Waals surface area contributed by atoms with E-state index in [4.69, 9.17) is 11.6 Å². The first-order chi connectivity index (χ1) is 9.60. The standard InChI is InChI=1S/C13H7BrClF2N3/c14-7-3-10-13(18-6-7)20(12(5-15)19-10)11-4-8(16)1-2-9(11)17/h1-4,6H,5H2. The fourth-order valence-electron chi connectivity index (χ4n) is 1.99. The maximum Gasteiger partial charge on any atom is 0.164 e. The molecule has 3 nitrogen and oxygen atoms in total. The van der Waals surface area contributed by atoms with Crippen LogP contribution in [0.2, 0.25) is 0 Å². The van der Waals surface area contributed by atoms with Crippen molar-refractivity contribution < 1.29 is 8.78 Å². The Kier molecular flexibility index (Phi) is 3.43. The van der Waals surface area contributed by atoms with Crippen LogP contribution in [0.5, 0.6) is 0 Å². The van der Waals surface area contributed by atoms with Gasteiger partial charge in [0, 0.05) is 16.7 Å². The molecular formula is C13H7BrClF2N3. The van der Waals surface area contributed by atoms with Gasteiger partial charge in [0.15, 0.2) is 5.65 Å². The van der Waals surface area contributed by atoms with Crippen LogP contribution in [0.15, 0.2) is 34.9 Å². The van der Waals surface area contributed by atoms with Crippen LogP contribution < -0.4 is 0 Å². The maximum absolute atomic E-state index is 14.0. The van der Waals surface area contributed by atoms with Crippen LogP contribution in [-0.2, 0) is 5.88 Å². The van der Waals surface area contributed by atoms with Gasteiger partial charge in [-0.05, 0) is 34.1 Å². The van der Waals surface area contributed by atoms with E-state index in [0.717, 1.165) is 22.7 Å². The number of halogens is 4. The second-order valence-electron chi connectivity index (χ2n) is 4.09. The minimum atomic E-state index is -0.568. The third-order valence-corrected chi connectivity index (χ3v) is 3.47. The van der Waals surface area contributed by atoms with Crippen LogP contribution in [0.3, 0.4) is 0 Å². The third-order valence-electron chi connectivity index (χ3n) is 2.80. The summed E-state index contributed by atoms with van der Waals surface area (Å²) in [4.78, 5) is 8.49. The van der Waals surface area contributed by atoms with Crippen molar-refractivity contribution in [2.75, 3.05) is 0 Å². The van der Waals surface area contributed by atoms with Gasteiger partial charge in [-0.1, -0.05) is 0 Å². The molecule has 0 aliphatic rings. The summed E-state index contributed by atoms with van der Waals surface area (Å²) in [6, 6.07) is 4.96. The molecule has 3 rings (SSSR count). The Balaban J connectivity index is 2.37. The van der Waals surface area contributed by atoms with E-state index in [2.05, 4.69) is 25.9 Å². The monoisotopic (exact) mass is 357 g/mol. The lowest BCUT2D eigenvalue weighted by Gasteiger charge is -2.08. The summed E-state index contributed by atoms with van der Waals surface area (Å²) in [7, 11) is 0. The van der Waals surface area contributed by atoms with Crippen molar-refractivity contribution in [3.05, 3.63) is 52.4 Å². The molecule has 0 atom stereocenters. The number of fused-ring (bicyclic) bond motifs is 1. The van der Waals surface area contributed by atoms with E-state index >= 15 is 0 Å². The molecule has 102 valence electrons. The predicted molar refractivity (Wildman–Crippen MR) is 76.0 cm³/mol. The van der Waals surface area contributed by atoms with Crippen LogP contribution in [0.1, 0.15) is 5.82 Å². The van der Waals surface area contributed by atoms with Crippen molar-refractivity contribution >= 4 is 38.7 Å². The highest BCUT2D eigenvalue weighted by atomic mass is 79.9. The number of nitrogens with zero attached hydrogens (tertiary/aromatic N) is 3. The minimum Gasteiger partial charge on any atom is -0.277 e. The van der Waals surface area contributed by atoms with Gasteiger partial charge < -0.3 is 0 Å². The summed E-state index contributed by atoms with van der Waals surface area (Å²) in [5, 5.41) is 0. The van der Waals surface area contributed by atoms with Crippen molar-refractivity contribution in [3.8, 4) is 5.69 Å². The molecular weight excluding hydrogens is 352 g/mol. The summed E-state index contributed by atoms with van der Waals surface area (Å²) >= 11 is 9.14. The second-order valence-corrected chi connectivity index (χ2v) is 5.27. The molecule has 0 N–H and O–H groups in total. The Morgan fingerprint density at radius 1 is 1.25 bits per heavy atom. The molecule has 0 spiro atoms. The van der Waals surface area contributed by atoms with E-state index < -0.39 is 11.6 Å². The molecule has 2 heterocycles. The number of imidazole rings is 1. The van der Waals surface area contributed by atoms with Crippen molar-refractivity contribution in [1.82, 2.24) is 14.5 Å². The molecule has 0 saturated carbocycles. The second kappa shape index (κ2) is 5.10. The van der Waals surface area contributed by atoms with Gasteiger partial charge in [0.1, 0.15) is 23.0 Å². The van der Waals surface area contributed by atoms with Crippen molar-refractivity contribution in [3.63, 3.8) is 0 Å². The number of benzene rings is 1. The summed E-state index contributed by atoms with van der Waals surface area (Å²) in [5.41, 5.74) is 1.02. The number of pyridine rings is 1. The smallest absolute Gasteiger partial charge is 0.164 e. The zero-order chi connectivity index (χ0) is 14.3. The zero-order valence-corrected chi connectivity index (χ0v) is 12.3. The fourth-order valence-corrected chi connectivity index (χ4v) is 2.49. The molecule has 2 aromatic heterocycles. The van der Waals surface area contributed by atoms with Gasteiger partial charge in [-0.25, -0.2) is 18.7 Å². The molecule has 3 aromatic rings. The summed E-state index contributed by atoms with van der Waals surface area (Å²) in [5.74, 6) is -0.649. The Morgan fingerprint density at radius 2 is 2.05 bits per heavy atom. The normalized spacial score (nSPS) is 11.2. The SMILES string of the molecule is Fc1ccc(F)c(-n2c(CCl)nc3cc(Br)cnc32)c1. The first-order valence-corrected chi connectivity index (χ1v) is 6.97. The average Bonchev–Trinajstić information content (AvgIpc) is 2.78. The molecule has 7 heteroatoms. The first-order valence-electron chi connectivity index (χ1n) is 5.64. The predicted octanol–water partition coefficient (Wildman–Crippen LogP) is 4.20. The summed E-state index contributed by atoms with van der Waals surface area (Å²) < 4.78 is 29.5. The number of rotatable bonds is 2. The molecule has 0 fully saturated rings. The number of hydrogen-bond acceptors (Lipinski definition) is 2. The van der Waals surface area contributed by atoms with Gasteiger partial charge >= 0.3 is 0 Å². The van der Waals surface area contributed by atoms with E-state index in [0.29, 0.717) is 17.0 Å².